The second kappa shape index (κ2) is 3.56. The highest BCUT2D eigenvalue weighted by Crippen LogP contribution is 2.51. The lowest BCUT2D eigenvalue weighted by Crippen LogP contribution is -2.22. The molecular weight excluding hydrogens is 284 g/mol. The zero-order valence-electron chi connectivity index (χ0n) is 9.03. The summed E-state index contributed by atoms with van der Waals surface area (Å²) in [6.07, 6.45) is 2.29. The van der Waals surface area contributed by atoms with Crippen LogP contribution in [0.4, 0.5) is 0 Å². The Kier molecular flexibility index (Phi) is 2.39. The van der Waals surface area contributed by atoms with Gasteiger partial charge >= 0.3 is 0 Å². The molecule has 0 amide bonds. The average Bonchev–Trinajstić information content (AvgIpc) is 3.05. The third-order valence-corrected chi connectivity index (χ3v) is 5.85. The molecule has 3 rings (SSSR count). The Morgan fingerprint density at radius 2 is 2.06 bits per heavy atom. The second-order valence-corrected chi connectivity index (χ2v) is 6.51. The van der Waals surface area contributed by atoms with E-state index in [-0.39, 0.29) is 0 Å². The molecule has 0 spiro atoms. The summed E-state index contributed by atoms with van der Waals surface area (Å²) in [7, 11) is 0. The predicted molar refractivity (Wildman–Crippen MR) is 71.8 cm³/mol. The van der Waals surface area contributed by atoms with Gasteiger partial charge in [-0.3, -0.25) is 0 Å². The monoisotopic (exact) mass is 296 g/mol. The van der Waals surface area contributed by atoms with Crippen LogP contribution in [0, 0.1) is 5.92 Å². The third kappa shape index (κ3) is 1.53. The van der Waals surface area contributed by atoms with Crippen molar-refractivity contribution in [1.82, 2.24) is 0 Å². The first kappa shape index (κ1) is 10.8. The van der Waals surface area contributed by atoms with Crippen LogP contribution in [-0.4, -0.2) is 5.11 Å². The maximum absolute atomic E-state index is 10.6. The van der Waals surface area contributed by atoms with Crippen molar-refractivity contribution in [3.05, 3.63) is 33.6 Å². The van der Waals surface area contributed by atoms with Crippen LogP contribution in [0.3, 0.4) is 0 Å². The summed E-state index contributed by atoms with van der Waals surface area (Å²) >= 11 is 5.34. The molecule has 1 aromatic carbocycles. The number of hydrogen-bond acceptors (Lipinski definition) is 2. The highest BCUT2D eigenvalue weighted by atomic mass is 79.9. The molecule has 0 bridgehead atoms. The largest absolute Gasteiger partial charge is 0.384 e. The van der Waals surface area contributed by atoms with Gasteiger partial charge in [0.15, 0.2) is 0 Å². The molecule has 0 aliphatic heterocycles. The maximum atomic E-state index is 10.6. The van der Waals surface area contributed by atoms with E-state index >= 15 is 0 Å². The van der Waals surface area contributed by atoms with Gasteiger partial charge in [-0.1, -0.05) is 18.2 Å². The molecule has 3 heteroatoms. The van der Waals surface area contributed by atoms with E-state index in [0.29, 0.717) is 5.92 Å². The molecule has 1 heterocycles. The minimum Gasteiger partial charge on any atom is -0.384 e. The summed E-state index contributed by atoms with van der Waals surface area (Å²) in [5.74, 6) is 0.442. The fraction of sp³-hybridized carbons (Fsp3) is 0.385. The Hall–Kier alpha value is -0.380. The summed E-state index contributed by atoms with van der Waals surface area (Å²) in [6, 6.07) is 8.29. The van der Waals surface area contributed by atoms with Gasteiger partial charge in [0.2, 0.25) is 0 Å². The number of hydrogen-bond donors (Lipinski definition) is 1. The van der Waals surface area contributed by atoms with Crippen LogP contribution in [0.2, 0.25) is 0 Å². The van der Waals surface area contributed by atoms with Crippen molar-refractivity contribution in [2.75, 3.05) is 0 Å². The topological polar surface area (TPSA) is 20.2 Å². The average molecular weight is 297 g/mol. The van der Waals surface area contributed by atoms with Gasteiger partial charge in [0, 0.05) is 14.6 Å². The highest BCUT2D eigenvalue weighted by molar-refractivity contribution is 9.10. The standard InChI is InChI=1S/C13H13BrOS/c1-13(15,8-6-7-8)12-11(14)9-4-2-3-5-10(9)16-12/h2-5,8,15H,6-7H2,1H3. The van der Waals surface area contributed by atoms with Crippen molar-refractivity contribution in [2.45, 2.75) is 25.4 Å². The van der Waals surface area contributed by atoms with Gasteiger partial charge in [0.25, 0.3) is 0 Å². The molecule has 0 saturated heterocycles. The first-order chi connectivity index (χ1) is 7.60. The van der Waals surface area contributed by atoms with Gasteiger partial charge in [-0.25, -0.2) is 0 Å². The molecular formula is C13H13BrOS. The molecule has 1 saturated carbocycles. The van der Waals surface area contributed by atoms with Crippen molar-refractivity contribution in [2.24, 2.45) is 5.92 Å². The molecule has 0 radical (unpaired) electrons. The zero-order valence-corrected chi connectivity index (χ0v) is 11.4. The quantitative estimate of drug-likeness (QED) is 0.877. The normalized spacial score (nSPS) is 19.9. The summed E-state index contributed by atoms with van der Waals surface area (Å²) in [6.45, 7) is 1.94. The van der Waals surface area contributed by atoms with Crippen LogP contribution < -0.4 is 0 Å². The molecule has 1 aromatic heterocycles. The smallest absolute Gasteiger partial charge is 0.0999 e. The lowest BCUT2D eigenvalue weighted by molar-refractivity contribution is 0.0363. The first-order valence-electron chi connectivity index (χ1n) is 5.50. The number of fused-ring (bicyclic) bond motifs is 1. The Morgan fingerprint density at radius 1 is 1.38 bits per heavy atom. The van der Waals surface area contributed by atoms with E-state index < -0.39 is 5.60 Å². The van der Waals surface area contributed by atoms with Crippen molar-refractivity contribution in [3.63, 3.8) is 0 Å². The Labute approximate surface area is 107 Å². The number of thiophene rings is 1. The van der Waals surface area contributed by atoms with Gasteiger partial charge in [0.1, 0.15) is 0 Å². The lowest BCUT2D eigenvalue weighted by atomic mass is 9.98. The molecule has 2 aromatic rings. The third-order valence-electron chi connectivity index (χ3n) is 3.37. The van der Waals surface area contributed by atoms with Crippen LogP contribution in [-0.2, 0) is 5.60 Å². The van der Waals surface area contributed by atoms with E-state index in [1.54, 1.807) is 11.3 Å². The highest BCUT2D eigenvalue weighted by Gasteiger charge is 2.43. The molecule has 1 unspecified atom stereocenters. The maximum Gasteiger partial charge on any atom is 0.0999 e. The fourth-order valence-electron chi connectivity index (χ4n) is 2.17. The Bertz CT molecular complexity index is 540. The SMILES string of the molecule is CC(O)(c1sc2ccccc2c1Br)C1CC1. The van der Waals surface area contributed by atoms with E-state index in [1.807, 2.05) is 19.1 Å². The van der Waals surface area contributed by atoms with Gasteiger partial charge in [-0.2, -0.15) is 0 Å². The number of rotatable bonds is 2. The van der Waals surface area contributed by atoms with Gasteiger partial charge in [-0.05, 0) is 47.7 Å². The van der Waals surface area contributed by atoms with E-state index in [4.69, 9.17) is 0 Å². The number of halogens is 1. The fourth-order valence-corrected chi connectivity index (χ4v) is 4.51. The second-order valence-electron chi connectivity index (χ2n) is 4.66. The molecule has 1 aliphatic carbocycles. The van der Waals surface area contributed by atoms with Gasteiger partial charge < -0.3 is 5.11 Å². The molecule has 84 valence electrons. The van der Waals surface area contributed by atoms with Crippen molar-refractivity contribution < 1.29 is 5.11 Å². The number of aliphatic hydroxyl groups is 1. The summed E-state index contributed by atoms with van der Waals surface area (Å²) < 4.78 is 2.32. The molecule has 1 aliphatic rings. The van der Waals surface area contributed by atoms with E-state index in [0.717, 1.165) is 22.2 Å². The van der Waals surface area contributed by atoms with Gasteiger partial charge in [-0.15, -0.1) is 11.3 Å². The molecule has 1 N–H and O–H groups in total. The molecule has 16 heavy (non-hydrogen) atoms. The van der Waals surface area contributed by atoms with Crippen molar-refractivity contribution >= 4 is 37.4 Å². The summed E-state index contributed by atoms with van der Waals surface area (Å²) in [5.41, 5.74) is -0.664. The Balaban J connectivity index is 2.20. The van der Waals surface area contributed by atoms with Crippen molar-refractivity contribution in [3.8, 4) is 0 Å². The first-order valence-corrected chi connectivity index (χ1v) is 7.11. The van der Waals surface area contributed by atoms with Crippen LogP contribution >= 0.6 is 27.3 Å². The van der Waals surface area contributed by atoms with Crippen LogP contribution in [0.15, 0.2) is 28.7 Å². The van der Waals surface area contributed by atoms with E-state index in [1.165, 1.54) is 10.1 Å². The van der Waals surface area contributed by atoms with E-state index in [9.17, 15) is 5.11 Å². The number of benzene rings is 1. The molecule has 1 atom stereocenters. The Morgan fingerprint density at radius 3 is 2.69 bits per heavy atom. The minimum absolute atomic E-state index is 0.442. The van der Waals surface area contributed by atoms with Gasteiger partial charge in [0.05, 0.1) is 10.5 Å². The van der Waals surface area contributed by atoms with Crippen LogP contribution in [0.25, 0.3) is 10.1 Å². The zero-order chi connectivity index (χ0) is 11.3. The predicted octanol–water partition coefficient (Wildman–Crippen LogP) is 4.28. The summed E-state index contributed by atoms with van der Waals surface area (Å²) in [4.78, 5) is 1.08. The van der Waals surface area contributed by atoms with E-state index in [2.05, 4.69) is 28.1 Å². The molecule has 1 nitrogen and oxygen atoms in total. The molecule has 1 fully saturated rings. The van der Waals surface area contributed by atoms with Crippen LogP contribution in [0.1, 0.15) is 24.6 Å². The summed E-state index contributed by atoms with van der Waals surface area (Å²) in [5, 5.41) is 11.8. The minimum atomic E-state index is -0.664. The van der Waals surface area contributed by atoms with Crippen molar-refractivity contribution in [1.29, 1.82) is 0 Å². The lowest BCUT2D eigenvalue weighted by Gasteiger charge is -2.21. The van der Waals surface area contributed by atoms with Crippen LogP contribution in [0.5, 0.6) is 0 Å².